The zero-order chi connectivity index (χ0) is 17.9. The Kier molecular flexibility index (Phi) is 5.94. The number of rotatable bonds is 5. The lowest BCUT2D eigenvalue weighted by atomic mass is 10.1. The standard InChI is InChI=1S/C19H22BrNO3S/c1-15-13-21(14-19(24-15)16-5-3-2-4-6-16)11-12-25(22,23)18-9-7-17(20)8-10-18/h2-10,15,19H,11-14H2,1H3. The number of nitrogens with zero attached hydrogens (tertiary/aromatic N) is 1. The van der Waals surface area contributed by atoms with E-state index in [1.165, 1.54) is 0 Å². The second-order valence-electron chi connectivity index (χ2n) is 6.38. The van der Waals surface area contributed by atoms with Crippen LogP contribution in [0.15, 0.2) is 64.0 Å². The van der Waals surface area contributed by atoms with E-state index >= 15 is 0 Å². The minimum absolute atomic E-state index is 0.0136. The number of hydrogen-bond acceptors (Lipinski definition) is 4. The van der Waals surface area contributed by atoms with E-state index in [0.717, 1.165) is 16.6 Å². The molecule has 0 amide bonds. The molecule has 0 aromatic heterocycles. The third-order valence-corrected chi connectivity index (χ3v) is 6.60. The number of sulfone groups is 1. The molecule has 1 fully saturated rings. The topological polar surface area (TPSA) is 46.6 Å². The van der Waals surface area contributed by atoms with Crippen LogP contribution in [-0.2, 0) is 14.6 Å². The predicted molar refractivity (Wildman–Crippen MR) is 102 cm³/mol. The molecule has 25 heavy (non-hydrogen) atoms. The molecule has 0 bridgehead atoms. The van der Waals surface area contributed by atoms with Crippen molar-refractivity contribution in [1.82, 2.24) is 4.90 Å². The Morgan fingerprint density at radius 2 is 1.76 bits per heavy atom. The Morgan fingerprint density at radius 1 is 1.08 bits per heavy atom. The van der Waals surface area contributed by atoms with Gasteiger partial charge in [-0.1, -0.05) is 46.3 Å². The van der Waals surface area contributed by atoms with E-state index in [0.29, 0.717) is 18.0 Å². The van der Waals surface area contributed by atoms with Gasteiger partial charge in [-0.05, 0) is 36.8 Å². The first kappa shape index (κ1) is 18.6. The summed E-state index contributed by atoms with van der Waals surface area (Å²) in [5.41, 5.74) is 1.13. The normalized spacial score (nSPS) is 22.0. The Labute approximate surface area is 157 Å². The molecular weight excluding hydrogens is 402 g/mol. The average molecular weight is 424 g/mol. The van der Waals surface area contributed by atoms with Gasteiger partial charge in [0.25, 0.3) is 0 Å². The molecule has 0 radical (unpaired) electrons. The summed E-state index contributed by atoms with van der Waals surface area (Å²) in [4.78, 5) is 2.55. The van der Waals surface area contributed by atoms with Crippen LogP contribution in [0.3, 0.4) is 0 Å². The van der Waals surface area contributed by atoms with Gasteiger partial charge in [-0.3, -0.25) is 4.90 Å². The van der Waals surface area contributed by atoms with Crippen molar-refractivity contribution in [2.24, 2.45) is 0 Å². The van der Waals surface area contributed by atoms with Gasteiger partial charge in [0, 0.05) is 24.1 Å². The van der Waals surface area contributed by atoms with E-state index in [1.807, 2.05) is 25.1 Å². The number of halogens is 1. The second kappa shape index (κ2) is 7.99. The molecule has 2 aromatic carbocycles. The Balaban J connectivity index is 1.65. The molecule has 4 nitrogen and oxygen atoms in total. The molecule has 3 rings (SSSR count). The van der Waals surface area contributed by atoms with Crippen LogP contribution in [-0.4, -0.2) is 44.8 Å². The molecule has 6 heteroatoms. The summed E-state index contributed by atoms with van der Waals surface area (Å²) in [5.74, 6) is 0.114. The first-order valence-electron chi connectivity index (χ1n) is 8.35. The molecular formula is C19H22BrNO3S. The lowest BCUT2D eigenvalue weighted by Crippen LogP contribution is -2.44. The number of benzene rings is 2. The first-order valence-corrected chi connectivity index (χ1v) is 10.8. The van der Waals surface area contributed by atoms with Gasteiger partial charge in [-0.25, -0.2) is 8.42 Å². The van der Waals surface area contributed by atoms with Crippen molar-refractivity contribution in [1.29, 1.82) is 0 Å². The quantitative estimate of drug-likeness (QED) is 0.735. The molecule has 2 atom stereocenters. The molecule has 1 saturated heterocycles. The van der Waals surface area contributed by atoms with Gasteiger partial charge in [0.2, 0.25) is 0 Å². The third kappa shape index (κ3) is 4.91. The van der Waals surface area contributed by atoms with E-state index < -0.39 is 9.84 Å². The van der Waals surface area contributed by atoms with Crippen LogP contribution in [0.5, 0.6) is 0 Å². The fourth-order valence-electron chi connectivity index (χ4n) is 3.08. The Hall–Kier alpha value is -1.21. The summed E-state index contributed by atoms with van der Waals surface area (Å²) in [7, 11) is -3.28. The molecule has 1 aliphatic rings. The van der Waals surface area contributed by atoms with E-state index in [4.69, 9.17) is 4.74 Å². The van der Waals surface area contributed by atoms with E-state index in [2.05, 4.69) is 33.0 Å². The smallest absolute Gasteiger partial charge is 0.179 e. The van der Waals surface area contributed by atoms with Crippen molar-refractivity contribution in [3.05, 3.63) is 64.6 Å². The van der Waals surface area contributed by atoms with Crippen molar-refractivity contribution >= 4 is 25.8 Å². The van der Waals surface area contributed by atoms with Gasteiger partial charge in [0.1, 0.15) is 0 Å². The molecule has 0 N–H and O–H groups in total. The minimum atomic E-state index is -3.28. The highest BCUT2D eigenvalue weighted by molar-refractivity contribution is 9.10. The van der Waals surface area contributed by atoms with Crippen LogP contribution in [0, 0.1) is 0 Å². The van der Waals surface area contributed by atoms with Gasteiger partial charge in [0.05, 0.1) is 22.9 Å². The summed E-state index contributed by atoms with van der Waals surface area (Å²) in [6.07, 6.45) is 0.0645. The zero-order valence-electron chi connectivity index (χ0n) is 14.1. The van der Waals surface area contributed by atoms with Crippen LogP contribution in [0.4, 0.5) is 0 Å². The maximum atomic E-state index is 12.5. The minimum Gasteiger partial charge on any atom is -0.368 e. The molecule has 134 valence electrons. The lowest BCUT2D eigenvalue weighted by molar-refractivity contribution is -0.0772. The van der Waals surface area contributed by atoms with Gasteiger partial charge in [-0.15, -0.1) is 0 Å². The highest BCUT2D eigenvalue weighted by atomic mass is 79.9. The maximum Gasteiger partial charge on any atom is 0.179 e. The fraction of sp³-hybridized carbons (Fsp3) is 0.368. The van der Waals surface area contributed by atoms with Crippen molar-refractivity contribution in [2.75, 3.05) is 25.4 Å². The summed E-state index contributed by atoms with van der Waals surface area (Å²) in [6, 6.07) is 16.9. The first-order chi connectivity index (χ1) is 11.9. The monoisotopic (exact) mass is 423 g/mol. The molecule has 1 aliphatic heterocycles. The molecule has 0 saturated carbocycles. The zero-order valence-corrected chi connectivity index (χ0v) is 16.5. The van der Waals surface area contributed by atoms with E-state index in [1.54, 1.807) is 24.3 Å². The predicted octanol–water partition coefficient (Wildman–Crippen LogP) is 3.68. The summed E-state index contributed by atoms with van der Waals surface area (Å²) in [6.45, 7) is 4.00. The summed E-state index contributed by atoms with van der Waals surface area (Å²) >= 11 is 3.33. The van der Waals surface area contributed by atoms with Crippen LogP contribution >= 0.6 is 15.9 Å². The van der Waals surface area contributed by atoms with Gasteiger partial charge < -0.3 is 4.74 Å². The Morgan fingerprint density at radius 3 is 2.44 bits per heavy atom. The van der Waals surface area contributed by atoms with Crippen LogP contribution in [0.1, 0.15) is 18.6 Å². The number of hydrogen-bond donors (Lipinski definition) is 0. The van der Waals surface area contributed by atoms with Gasteiger partial charge in [0.15, 0.2) is 9.84 Å². The van der Waals surface area contributed by atoms with Crippen molar-refractivity contribution in [2.45, 2.75) is 24.0 Å². The highest BCUT2D eigenvalue weighted by Crippen LogP contribution is 2.25. The number of ether oxygens (including phenoxy) is 1. The van der Waals surface area contributed by atoms with Gasteiger partial charge >= 0.3 is 0 Å². The SMILES string of the molecule is CC1CN(CCS(=O)(=O)c2ccc(Br)cc2)CC(c2ccccc2)O1. The average Bonchev–Trinajstić information content (AvgIpc) is 2.61. The van der Waals surface area contributed by atoms with Crippen molar-refractivity contribution in [3.63, 3.8) is 0 Å². The largest absolute Gasteiger partial charge is 0.368 e. The maximum absolute atomic E-state index is 12.5. The summed E-state index contributed by atoms with van der Waals surface area (Å²) in [5, 5.41) is 0. The lowest BCUT2D eigenvalue weighted by Gasteiger charge is -2.37. The van der Waals surface area contributed by atoms with E-state index in [-0.39, 0.29) is 18.0 Å². The van der Waals surface area contributed by atoms with E-state index in [9.17, 15) is 8.42 Å². The fourth-order valence-corrected chi connectivity index (χ4v) is 4.63. The van der Waals surface area contributed by atoms with Crippen LogP contribution in [0.25, 0.3) is 0 Å². The third-order valence-electron chi connectivity index (χ3n) is 4.36. The van der Waals surface area contributed by atoms with Crippen molar-refractivity contribution < 1.29 is 13.2 Å². The van der Waals surface area contributed by atoms with Crippen molar-refractivity contribution in [3.8, 4) is 0 Å². The number of morpholine rings is 1. The summed E-state index contributed by atoms with van der Waals surface area (Å²) < 4.78 is 32.0. The second-order valence-corrected chi connectivity index (χ2v) is 9.40. The molecule has 2 unspecified atom stereocenters. The Bertz CT molecular complexity index is 793. The molecule has 0 spiro atoms. The molecule has 0 aliphatic carbocycles. The highest BCUT2D eigenvalue weighted by Gasteiger charge is 2.27. The van der Waals surface area contributed by atoms with Gasteiger partial charge in [-0.2, -0.15) is 0 Å². The molecule has 2 aromatic rings. The van der Waals surface area contributed by atoms with Crippen LogP contribution in [0.2, 0.25) is 0 Å². The van der Waals surface area contributed by atoms with Crippen LogP contribution < -0.4 is 0 Å². The molecule has 1 heterocycles.